The Kier molecular flexibility index (Phi) is 4.13. The molecule has 4 heteroatoms. The van der Waals surface area contributed by atoms with Gasteiger partial charge >= 0.3 is 0 Å². The van der Waals surface area contributed by atoms with Crippen LogP contribution in [0.25, 0.3) is 0 Å². The van der Waals surface area contributed by atoms with E-state index in [4.69, 9.17) is 15.5 Å². The maximum absolute atomic E-state index is 5.32. The van der Waals surface area contributed by atoms with Crippen molar-refractivity contribution < 1.29 is 9.57 Å². The number of rotatable bonds is 4. The number of methoxy groups -OCH3 is 1. The Morgan fingerprint density at radius 1 is 1.40 bits per heavy atom. The second kappa shape index (κ2) is 4.96. The number of hydrogen-bond donors (Lipinski definition) is 1. The van der Waals surface area contributed by atoms with Crippen molar-refractivity contribution in [3.63, 3.8) is 0 Å². The quantitative estimate of drug-likeness (QED) is 0.858. The summed E-state index contributed by atoms with van der Waals surface area (Å²) in [6.07, 6.45) is 0. The molecule has 84 valence electrons. The maximum atomic E-state index is 5.32. The molecule has 0 bridgehead atoms. The molecule has 0 saturated heterocycles. The molecule has 0 saturated carbocycles. The van der Waals surface area contributed by atoms with Gasteiger partial charge in [0.1, 0.15) is 5.75 Å². The Bertz CT molecular complexity index is 339. The van der Waals surface area contributed by atoms with Gasteiger partial charge < -0.3 is 9.57 Å². The zero-order valence-electron chi connectivity index (χ0n) is 9.21. The third-order valence-electron chi connectivity index (χ3n) is 2.33. The Morgan fingerprint density at radius 2 is 2.07 bits per heavy atom. The molecule has 1 aromatic carbocycles. The molecular weight excluding hydrogens is 258 g/mol. The molecule has 0 aliphatic carbocycles. The van der Waals surface area contributed by atoms with Crippen molar-refractivity contribution in [3.8, 4) is 5.75 Å². The normalized spacial score (nSPS) is 11.5. The van der Waals surface area contributed by atoms with Crippen molar-refractivity contribution in [1.82, 2.24) is 0 Å². The molecule has 0 unspecified atom stereocenters. The van der Waals surface area contributed by atoms with Gasteiger partial charge in [-0.05, 0) is 18.2 Å². The third-order valence-corrected chi connectivity index (χ3v) is 2.83. The standard InChI is InChI=1S/C11H16BrNO2/c1-11(2,7-15-13)9-6-8(12)4-5-10(9)14-3/h4-6H,7,13H2,1-3H3. The van der Waals surface area contributed by atoms with Gasteiger partial charge in [0.2, 0.25) is 0 Å². The van der Waals surface area contributed by atoms with Crippen molar-refractivity contribution in [3.05, 3.63) is 28.2 Å². The average Bonchev–Trinajstić information content (AvgIpc) is 2.17. The molecule has 1 aromatic rings. The second-order valence-electron chi connectivity index (χ2n) is 4.04. The largest absolute Gasteiger partial charge is 0.496 e. The molecule has 0 aromatic heterocycles. The fourth-order valence-corrected chi connectivity index (χ4v) is 1.86. The molecule has 0 heterocycles. The zero-order valence-corrected chi connectivity index (χ0v) is 10.8. The fourth-order valence-electron chi connectivity index (χ4n) is 1.50. The minimum atomic E-state index is -0.177. The molecule has 1 rings (SSSR count). The molecule has 0 atom stereocenters. The third kappa shape index (κ3) is 2.93. The van der Waals surface area contributed by atoms with Gasteiger partial charge in [-0.2, -0.15) is 0 Å². The monoisotopic (exact) mass is 273 g/mol. The van der Waals surface area contributed by atoms with Crippen LogP contribution >= 0.6 is 15.9 Å². The molecule has 2 N–H and O–H groups in total. The van der Waals surface area contributed by atoms with Crippen LogP contribution in [-0.4, -0.2) is 13.7 Å². The number of halogens is 1. The van der Waals surface area contributed by atoms with E-state index in [9.17, 15) is 0 Å². The van der Waals surface area contributed by atoms with Gasteiger partial charge in [0, 0.05) is 15.5 Å². The van der Waals surface area contributed by atoms with Crippen LogP contribution in [0.15, 0.2) is 22.7 Å². The SMILES string of the molecule is COc1ccc(Br)cc1C(C)(C)CON. The molecule has 0 spiro atoms. The van der Waals surface area contributed by atoms with E-state index in [0.29, 0.717) is 6.61 Å². The summed E-state index contributed by atoms with van der Waals surface area (Å²) in [5.41, 5.74) is 0.897. The Labute approximate surface area is 98.6 Å². The van der Waals surface area contributed by atoms with Crippen LogP contribution < -0.4 is 10.6 Å². The van der Waals surface area contributed by atoms with Crippen LogP contribution in [0, 0.1) is 0 Å². The van der Waals surface area contributed by atoms with Crippen molar-refractivity contribution in [2.75, 3.05) is 13.7 Å². The Morgan fingerprint density at radius 3 is 2.60 bits per heavy atom. The summed E-state index contributed by atoms with van der Waals surface area (Å²) in [5.74, 6) is 5.98. The van der Waals surface area contributed by atoms with Crippen molar-refractivity contribution in [2.24, 2.45) is 5.90 Å². The van der Waals surface area contributed by atoms with Crippen LogP contribution in [0.3, 0.4) is 0 Å². The van der Waals surface area contributed by atoms with Gasteiger partial charge in [-0.25, -0.2) is 5.90 Å². The minimum absolute atomic E-state index is 0.177. The molecule has 0 radical (unpaired) electrons. The first kappa shape index (κ1) is 12.5. The van der Waals surface area contributed by atoms with Gasteiger partial charge in [-0.1, -0.05) is 29.8 Å². The topological polar surface area (TPSA) is 44.5 Å². The zero-order chi connectivity index (χ0) is 11.5. The van der Waals surface area contributed by atoms with E-state index in [1.807, 2.05) is 18.2 Å². The van der Waals surface area contributed by atoms with E-state index in [1.54, 1.807) is 7.11 Å². The van der Waals surface area contributed by atoms with Gasteiger partial charge in [-0.3, -0.25) is 0 Å². The molecule has 0 aliphatic rings. The van der Waals surface area contributed by atoms with Crippen molar-refractivity contribution >= 4 is 15.9 Å². The Hall–Kier alpha value is -0.580. The summed E-state index contributed by atoms with van der Waals surface area (Å²) in [7, 11) is 1.66. The highest BCUT2D eigenvalue weighted by Crippen LogP contribution is 2.33. The average molecular weight is 274 g/mol. The molecule has 0 amide bonds. The van der Waals surface area contributed by atoms with Gasteiger partial charge in [0.25, 0.3) is 0 Å². The van der Waals surface area contributed by atoms with Crippen molar-refractivity contribution in [1.29, 1.82) is 0 Å². The summed E-state index contributed by atoms with van der Waals surface area (Å²) < 4.78 is 6.33. The first-order valence-electron chi connectivity index (χ1n) is 4.67. The minimum Gasteiger partial charge on any atom is -0.496 e. The van der Waals surface area contributed by atoms with Crippen LogP contribution in [0.4, 0.5) is 0 Å². The predicted octanol–water partition coefficient (Wildman–Crippen LogP) is 2.63. The summed E-state index contributed by atoms with van der Waals surface area (Å²) >= 11 is 3.44. The van der Waals surface area contributed by atoms with E-state index >= 15 is 0 Å². The van der Waals surface area contributed by atoms with E-state index < -0.39 is 0 Å². The molecular formula is C11H16BrNO2. The van der Waals surface area contributed by atoms with Crippen LogP contribution in [0.1, 0.15) is 19.4 Å². The summed E-state index contributed by atoms with van der Waals surface area (Å²) in [6, 6.07) is 5.90. The first-order valence-corrected chi connectivity index (χ1v) is 5.46. The number of hydrogen-bond acceptors (Lipinski definition) is 3. The lowest BCUT2D eigenvalue weighted by Crippen LogP contribution is -2.26. The van der Waals surface area contributed by atoms with E-state index in [-0.39, 0.29) is 5.41 Å². The lowest BCUT2D eigenvalue weighted by atomic mass is 9.85. The summed E-state index contributed by atoms with van der Waals surface area (Å²) in [4.78, 5) is 4.73. The maximum Gasteiger partial charge on any atom is 0.122 e. The smallest absolute Gasteiger partial charge is 0.122 e. The highest BCUT2D eigenvalue weighted by atomic mass is 79.9. The van der Waals surface area contributed by atoms with Crippen LogP contribution in [0.5, 0.6) is 5.75 Å². The highest BCUT2D eigenvalue weighted by molar-refractivity contribution is 9.10. The summed E-state index contributed by atoms with van der Waals surface area (Å²) in [5, 5.41) is 0. The number of benzene rings is 1. The lowest BCUT2D eigenvalue weighted by Gasteiger charge is -2.25. The van der Waals surface area contributed by atoms with Crippen LogP contribution in [0.2, 0.25) is 0 Å². The molecule has 3 nitrogen and oxygen atoms in total. The van der Waals surface area contributed by atoms with Gasteiger partial charge in [0.05, 0.1) is 13.7 Å². The number of ether oxygens (including phenoxy) is 1. The highest BCUT2D eigenvalue weighted by Gasteiger charge is 2.24. The molecule has 0 fully saturated rings. The van der Waals surface area contributed by atoms with Gasteiger partial charge in [0.15, 0.2) is 0 Å². The first-order chi connectivity index (χ1) is 7.01. The van der Waals surface area contributed by atoms with Crippen molar-refractivity contribution in [2.45, 2.75) is 19.3 Å². The molecule has 0 aliphatic heterocycles. The van der Waals surface area contributed by atoms with Crippen LogP contribution in [-0.2, 0) is 10.3 Å². The summed E-state index contributed by atoms with van der Waals surface area (Å²) in [6.45, 7) is 4.56. The van der Waals surface area contributed by atoms with E-state index in [2.05, 4.69) is 29.8 Å². The molecule has 15 heavy (non-hydrogen) atoms. The Balaban J connectivity index is 3.15. The second-order valence-corrected chi connectivity index (χ2v) is 4.96. The van der Waals surface area contributed by atoms with Gasteiger partial charge in [-0.15, -0.1) is 0 Å². The fraction of sp³-hybridized carbons (Fsp3) is 0.455. The van der Waals surface area contributed by atoms with E-state index in [1.165, 1.54) is 0 Å². The van der Waals surface area contributed by atoms with E-state index in [0.717, 1.165) is 15.8 Å². The predicted molar refractivity (Wildman–Crippen MR) is 63.9 cm³/mol. The number of nitrogens with two attached hydrogens (primary N) is 1. The lowest BCUT2D eigenvalue weighted by molar-refractivity contribution is 0.0954.